The molecule has 0 aliphatic heterocycles. The number of hydrogen-bond donors (Lipinski definition) is 3. The van der Waals surface area contributed by atoms with E-state index in [4.69, 9.17) is 10.8 Å². The number of nitrogens with two attached hydrogens (primary N) is 1. The van der Waals surface area contributed by atoms with Gasteiger partial charge in [0.25, 0.3) is 0 Å². The third-order valence-electron chi connectivity index (χ3n) is 2.27. The van der Waals surface area contributed by atoms with E-state index in [1.54, 1.807) is 12.4 Å². The van der Waals surface area contributed by atoms with Gasteiger partial charge in [-0.2, -0.15) is 0 Å². The van der Waals surface area contributed by atoms with E-state index in [2.05, 4.69) is 9.97 Å². The van der Waals surface area contributed by atoms with Gasteiger partial charge in [0.15, 0.2) is 0 Å². The van der Waals surface area contributed by atoms with Gasteiger partial charge in [-0.1, -0.05) is 6.07 Å². The van der Waals surface area contributed by atoms with E-state index in [0.29, 0.717) is 0 Å². The molecule has 0 saturated heterocycles. The fraction of sp³-hybridized carbons (Fsp3) is 0.200. The topological polar surface area (TPSA) is 92.0 Å². The minimum Gasteiger partial charge on any atom is -0.481 e. The molecule has 2 rings (SSSR count). The van der Waals surface area contributed by atoms with Crippen molar-refractivity contribution >= 4 is 17.0 Å². The smallest absolute Gasteiger partial charge is 0.305 e. The summed E-state index contributed by atoms with van der Waals surface area (Å²) in [6.45, 7) is 0. The summed E-state index contributed by atoms with van der Waals surface area (Å²) in [6, 6.07) is 4.98. The quantitative estimate of drug-likeness (QED) is 0.698. The molecule has 0 aliphatic carbocycles. The van der Waals surface area contributed by atoms with Crippen LogP contribution < -0.4 is 5.73 Å². The van der Waals surface area contributed by atoms with Crippen LogP contribution in [0, 0.1) is 0 Å². The molecule has 15 heavy (non-hydrogen) atoms. The zero-order valence-corrected chi connectivity index (χ0v) is 7.97. The molecule has 0 aliphatic rings. The normalized spacial score (nSPS) is 12.9. The number of aromatic amines is 1. The Morgan fingerprint density at radius 2 is 2.40 bits per heavy atom. The molecule has 0 spiro atoms. The number of carboxylic acid groups (broad SMARTS) is 1. The van der Waals surface area contributed by atoms with Crippen molar-refractivity contribution in [3.63, 3.8) is 0 Å². The van der Waals surface area contributed by atoms with Crippen molar-refractivity contribution in [2.24, 2.45) is 5.73 Å². The Morgan fingerprint density at radius 1 is 1.60 bits per heavy atom. The number of aliphatic carboxylic acids is 1. The Labute approximate surface area is 85.9 Å². The number of nitrogens with one attached hydrogen (secondary N) is 1. The van der Waals surface area contributed by atoms with Crippen LogP contribution in [0.15, 0.2) is 24.5 Å². The molecule has 0 bridgehead atoms. The van der Waals surface area contributed by atoms with Crippen LogP contribution in [-0.2, 0) is 4.79 Å². The van der Waals surface area contributed by atoms with Gasteiger partial charge in [0, 0.05) is 6.04 Å². The van der Waals surface area contributed by atoms with Crippen LogP contribution in [0.3, 0.4) is 0 Å². The monoisotopic (exact) mass is 205 g/mol. The van der Waals surface area contributed by atoms with E-state index in [1.807, 2.05) is 12.1 Å². The Balaban J connectivity index is 2.30. The first-order valence-electron chi connectivity index (χ1n) is 4.57. The maximum Gasteiger partial charge on any atom is 0.305 e. The average molecular weight is 205 g/mol. The summed E-state index contributed by atoms with van der Waals surface area (Å²) in [7, 11) is 0. The predicted octanol–water partition coefficient (Wildman–Crippen LogP) is 1.04. The van der Waals surface area contributed by atoms with E-state index in [1.165, 1.54) is 0 Å². The lowest BCUT2D eigenvalue weighted by Gasteiger charge is -2.08. The predicted molar refractivity (Wildman–Crippen MR) is 55.3 cm³/mol. The maximum atomic E-state index is 10.5. The summed E-state index contributed by atoms with van der Waals surface area (Å²) in [5.41, 5.74) is 8.26. The van der Waals surface area contributed by atoms with Crippen molar-refractivity contribution < 1.29 is 9.90 Å². The number of imidazole rings is 1. The van der Waals surface area contributed by atoms with Crippen molar-refractivity contribution in [1.82, 2.24) is 9.97 Å². The van der Waals surface area contributed by atoms with E-state index >= 15 is 0 Å². The third kappa shape index (κ3) is 1.97. The Kier molecular flexibility index (Phi) is 2.39. The summed E-state index contributed by atoms with van der Waals surface area (Å²) in [6.07, 6.45) is 1.52. The van der Waals surface area contributed by atoms with E-state index in [0.717, 1.165) is 16.6 Å². The first-order valence-corrected chi connectivity index (χ1v) is 4.57. The average Bonchev–Trinajstić information content (AvgIpc) is 2.62. The number of carbonyl (C=O) groups is 1. The van der Waals surface area contributed by atoms with Crippen LogP contribution in [0.4, 0.5) is 0 Å². The van der Waals surface area contributed by atoms with E-state index < -0.39 is 12.0 Å². The molecule has 0 radical (unpaired) electrons. The molecule has 0 amide bonds. The molecular formula is C10H11N3O2. The minimum atomic E-state index is -0.896. The number of nitrogens with zero attached hydrogens (tertiary/aromatic N) is 1. The van der Waals surface area contributed by atoms with Crippen molar-refractivity contribution in [1.29, 1.82) is 0 Å². The zero-order valence-electron chi connectivity index (χ0n) is 7.97. The number of aromatic nitrogens is 2. The standard InChI is InChI=1S/C10H11N3O2/c11-7(4-10(14)15)6-1-2-8-9(3-6)13-5-12-8/h1-3,5,7H,4,11H2,(H,12,13)(H,14,15). The van der Waals surface area contributed by atoms with Crippen molar-refractivity contribution in [3.05, 3.63) is 30.1 Å². The highest BCUT2D eigenvalue weighted by Crippen LogP contribution is 2.18. The lowest BCUT2D eigenvalue weighted by atomic mass is 10.0. The SMILES string of the molecule is NC(CC(=O)O)c1ccc2nc[nH]c2c1. The van der Waals surface area contributed by atoms with Crippen LogP contribution in [0.2, 0.25) is 0 Å². The van der Waals surface area contributed by atoms with Gasteiger partial charge in [-0.15, -0.1) is 0 Å². The lowest BCUT2D eigenvalue weighted by Crippen LogP contribution is -2.14. The molecule has 1 unspecified atom stereocenters. The highest BCUT2D eigenvalue weighted by atomic mass is 16.4. The summed E-state index contributed by atoms with van der Waals surface area (Å²) in [4.78, 5) is 17.5. The molecule has 1 aromatic carbocycles. The lowest BCUT2D eigenvalue weighted by molar-refractivity contribution is -0.137. The summed E-state index contributed by atoms with van der Waals surface area (Å²) in [5.74, 6) is -0.896. The van der Waals surface area contributed by atoms with Gasteiger partial charge in [-0.25, -0.2) is 4.98 Å². The molecule has 5 heteroatoms. The van der Waals surface area contributed by atoms with Crippen molar-refractivity contribution in [2.75, 3.05) is 0 Å². The van der Waals surface area contributed by atoms with Crippen molar-refractivity contribution in [2.45, 2.75) is 12.5 Å². The molecule has 1 atom stereocenters. The number of carboxylic acids is 1. The molecule has 78 valence electrons. The Bertz CT molecular complexity index is 492. The molecular weight excluding hydrogens is 194 g/mol. The third-order valence-corrected chi connectivity index (χ3v) is 2.27. The highest BCUT2D eigenvalue weighted by molar-refractivity contribution is 5.75. The Hall–Kier alpha value is -1.88. The summed E-state index contributed by atoms with van der Waals surface area (Å²) in [5, 5.41) is 8.62. The van der Waals surface area contributed by atoms with Crippen LogP contribution >= 0.6 is 0 Å². The highest BCUT2D eigenvalue weighted by Gasteiger charge is 2.11. The van der Waals surface area contributed by atoms with E-state index in [9.17, 15) is 4.79 Å². The second-order valence-electron chi connectivity index (χ2n) is 3.38. The molecule has 1 heterocycles. The van der Waals surface area contributed by atoms with Crippen LogP contribution in [0.25, 0.3) is 11.0 Å². The van der Waals surface area contributed by atoms with Gasteiger partial charge in [-0.05, 0) is 17.7 Å². The fourth-order valence-electron chi connectivity index (χ4n) is 1.49. The minimum absolute atomic E-state index is 0.0698. The van der Waals surface area contributed by atoms with Crippen molar-refractivity contribution in [3.8, 4) is 0 Å². The number of hydrogen-bond acceptors (Lipinski definition) is 3. The van der Waals surface area contributed by atoms with E-state index in [-0.39, 0.29) is 6.42 Å². The molecule has 0 saturated carbocycles. The van der Waals surface area contributed by atoms with Gasteiger partial charge < -0.3 is 15.8 Å². The molecule has 4 N–H and O–H groups in total. The molecule has 1 aromatic heterocycles. The second-order valence-corrected chi connectivity index (χ2v) is 3.38. The van der Waals surface area contributed by atoms with Gasteiger partial charge in [0.2, 0.25) is 0 Å². The van der Waals surface area contributed by atoms with Gasteiger partial charge >= 0.3 is 5.97 Å². The number of fused-ring (bicyclic) bond motifs is 1. The zero-order chi connectivity index (χ0) is 10.8. The second kappa shape index (κ2) is 3.70. The van der Waals surface area contributed by atoms with Crippen LogP contribution in [0.1, 0.15) is 18.0 Å². The maximum absolute atomic E-state index is 10.5. The largest absolute Gasteiger partial charge is 0.481 e. The molecule has 0 fully saturated rings. The fourth-order valence-corrected chi connectivity index (χ4v) is 1.49. The summed E-state index contributed by atoms with van der Waals surface area (Å²) < 4.78 is 0. The number of rotatable bonds is 3. The summed E-state index contributed by atoms with van der Waals surface area (Å²) >= 11 is 0. The number of benzene rings is 1. The Morgan fingerprint density at radius 3 is 3.13 bits per heavy atom. The van der Waals surface area contributed by atoms with Gasteiger partial charge in [-0.3, -0.25) is 4.79 Å². The van der Waals surface area contributed by atoms with Gasteiger partial charge in [0.1, 0.15) is 0 Å². The number of H-pyrrole nitrogens is 1. The van der Waals surface area contributed by atoms with Gasteiger partial charge in [0.05, 0.1) is 23.8 Å². The molecule has 2 aromatic rings. The van der Waals surface area contributed by atoms with Crippen LogP contribution in [0.5, 0.6) is 0 Å². The first kappa shape index (κ1) is 9.67. The first-order chi connectivity index (χ1) is 7.16. The molecule has 5 nitrogen and oxygen atoms in total. The van der Waals surface area contributed by atoms with Crippen LogP contribution in [-0.4, -0.2) is 21.0 Å².